The van der Waals surface area contributed by atoms with Crippen molar-refractivity contribution in [3.05, 3.63) is 41.4 Å². The smallest absolute Gasteiger partial charge is 0.132 e. The molecule has 0 radical (unpaired) electrons. The first kappa shape index (κ1) is 9.86. The Kier molecular flexibility index (Phi) is 2.51. The monoisotopic (exact) mass is 223 g/mol. The molecule has 0 bridgehead atoms. The number of hydrogen-bond donors (Lipinski definition) is 1. The molecule has 0 aliphatic heterocycles. The normalized spacial score (nSPS) is 10.3. The maximum atomic E-state index is 13.4. The molecule has 0 amide bonds. The van der Waals surface area contributed by atoms with E-state index in [2.05, 4.69) is 9.97 Å². The zero-order valence-electron chi connectivity index (χ0n) is 7.61. The Balaban J connectivity index is 2.58. The topological polar surface area (TPSA) is 51.8 Å². The van der Waals surface area contributed by atoms with Crippen LogP contribution >= 0.6 is 11.6 Å². The van der Waals surface area contributed by atoms with Crippen LogP contribution in [0.2, 0.25) is 5.02 Å². The molecule has 0 saturated carbocycles. The lowest BCUT2D eigenvalue weighted by atomic mass is 10.1. The quantitative estimate of drug-likeness (QED) is 0.808. The second-order valence-electron chi connectivity index (χ2n) is 2.95. The Bertz CT molecular complexity index is 502. The maximum absolute atomic E-state index is 13.4. The van der Waals surface area contributed by atoms with Crippen molar-refractivity contribution in [1.82, 2.24) is 9.97 Å². The van der Waals surface area contributed by atoms with Crippen molar-refractivity contribution in [2.24, 2.45) is 0 Å². The first-order chi connectivity index (χ1) is 7.16. The highest BCUT2D eigenvalue weighted by atomic mass is 35.5. The molecule has 2 aromatic rings. The number of rotatable bonds is 1. The van der Waals surface area contributed by atoms with E-state index in [4.69, 9.17) is 17.3 Å². The predicted molar refractivity (Wildman–Crippen MR) is 56.8 cm³/mol. The lowest BCUT2D eigenvalue weighted by Gasteiger charge is -2.03. The summed E-state index contributed by atoms with van der Waals surface area (Å²) in [7, 11) is 0. The third-order valence-electron chi connectivity index (χ3n) is 1.89. The van der Waals surface area contributed by atoms with Crippen LogP contribution in [0, 0.1) is 5.82 Å². The molecule has 1 heterocycles. The van der Waals surface area contributed by atoms with Crippen LogP contribution in [0.1, 0.15) is 0 Å². The van der Waals surface area contributed by atoms with E-state index < -0.39 is 5.82 Å². The molecule has 0 fully saturated rings. The summed E-state index contributed by atoms with van der Waals surface area (Å²) >= 11 is 5.77. The minimum atomic E-state index is -0.391. The van der Waals surface area contributed by atoms with Gasteiger partial charge in [0.05, 0.1) is 5.69 Å². The van der Waals surface area contributed by atoms with Gasteiger partial charge in [-0.1, -0.05) is 11.6 Å². The van der Waals surface area contributed by atoms with Crippen LogP contribution in [0.3, 0.4) is 0 Å². The number of anilines is 1. The van der Waals surface area contributed by atoms with Gasteiger partial charge < -0.3 is 5.73 Å². The van der Waals surface area contributed by atoms with Crippen LogP contribution in [-0.2, 0) is 0 Å². The van der Waals surface area contributed by atoms with E-state index in [-0.39, 0.29) is 0 Å². The second-order valence-corrected chi connectivity index (χ2v) is 3.39. The minimum Gasteiger partial charge on any atom is -0.384 e. The van der Waals surface area contributed by atoms with Crippen LogP contribution in [0.15, 0.2) is 30.6 Å². The van der Waals surface area contributed by atoms with Gasteiger partial charge in [0, 0.05) is 16.7 Å². The van der Waals surface area contributed by atoms with Crippen molar-refractivity contribution < 1.29 is 4.39 Å². The number of halogens is 2. The number of aromatic nitrogens is 2. The van der Waals surface area contributed by atoms with E-state index in [0.717, 1.165) is 0 Å². The molecular formula is C10H7ClFN3. The molecule has 0 spiro atoms. The lowest BCUT2D eigenvalue weighted by molar-refractivity contribution is 0.630. The van der Waals surface area contributed by atoms with Gasteiger partial charge in [0.1, 0.15) is 18.0 Å². The first-order valence-electron chi connectivity index (χ1n) is 4.20. The Morgan fingerprint density at radius 2 is 2.00 bits per heavy atom. The zero-order chi connectivity index (χ0) is 10.8. The molecule has 0 aliphatic carbocycles. The van der Waals surface area contributed by atoms with Crippen molar-refractivity contribution in [2.75, 3.05) is 5.73 Å². The molecule has 1 aromatic carbocycles. The average molecular weight is 224 g/mol. The highest BCUT2D eigenvalue weighted by molar-refractivity contribution is 6.30. The molecule has 0 atom stereocenters. The fourth-order valence-electron chi connectivity index (χ4n) is 1.21. The Morgan fingerprint density at radius 3 is 2.73 bits per heavy atom. The van der Waals surface area contributed by atoms with Crippen molar-refractivity contribution in [3.63, 3.8) is 0 Å². The molecule has 0 aliphatic rings. The number of nitrogens with two attached hydrogens (primary N) is 1. The summed E-state index contributed by atoms with van der Waals surface area (Å²) in [5.74, 6) is -0.100. The van der Waals surface area contributed by atoms with Crippen molar-refractivity contribution >= 4 is 17.4 Å². The number of nitrogens with zero attached hydrogens (tertiary/aromatic N) is 2. The van der Waals surface area contributed by atoms with Gasteiger partial charge in [-0.2, -0.15) is 0 Å². The Morgan fingerprint density at radius 1 is 1.20 bits per heavy atom. The van der Waals surface area contributed by atoms with E-state index in [1.54, 1.807) is 0 Å². The van der Waals surface area contributed by atoms with Gasteiger partial charge in [0.25, 0.3) is 0 Å². The number of hydrogen-bond acceptors (Lipinski definition) is 3. The SMILES string of the molecule is Nc1cc(-c2cc(Cl)ccc2F)ncn1. The van der Waals surface area contributed by atoms with Crippen LogP contribution in [-0.4, -0.2) is 9.97 Å². The molecule has 0 unspecified atom stereocenters. The summed E-state index contributed by atoms with van der Waals surface area (Å²) in [4.78, 5) is 7.65. The lowest BCUT2D eigenvalue weighted by Crippen LogP contribution is -1.94. The summed E-state index contributed by atoms with van der Waals surface area (Å²) in [6, 6.07) is 5.76. The molecule has 15 heavy (non-hydrogen) atoms. The van der Waals surface area contributed by atoms with Gasteiger partial charge in [0.15, 0.2) is 0 Å². The van der Waals surface area contributed by atoms with E-state index in [0.29, 0.717) is 22.1 Å². The Labute approximate surface area is 90.7 Å². The molecule has 2 rings (SSSR count). The number of benzene rings is 1. The van der Waals surface area contributed by atoms with Crippen molar-refractivity contribution in [2.45, 2.75) is 0 Å². The van der Waals surface area contributed by atoms with Gasteiger partial charge in [-0.3, -0.25) is 0 Å². The van der Waals surface area contributed by atoms with E-state index >= 15 is 0 Å². The molecule has 0 saturated heterocycles. The van der Waals surface area contributed by atoms with E-state index in [1.807, 2.05) is 0 Å². The largest absolute Gasteiger partial charge is 0.384 e. The van der Waals surface area contributed by atoms with Crippen LogP contribution < -0.4 is 5.73 Å². The number of nitrogen functional groups attached to an aromatic ring is 1. The first-order valence-corrected chi connectivity index (χ1v) is 4.57. The molecule has 1 aromatic heterocycles. The van der Waals surface area contributed by atoms with Crippen molar-refractivity contribution in [1.29, 1.82) is 0 Å². The highest BCUT2D eigenvalue weighted by Gasteiger charge is 2.07. The molecule has 2 N–H and O–H groups in total. The Hall–Kier alpha value is -1.68. The molecule has 3 nitrogen and oxygen atoms in total. The van der Waals surface area contributed by atoms with E-state index in [1.165, 1.54) is 30.6 Å². The van der Waals surface area contributed by atoms with Gasteiger partial charge in [0.2, 0.25) is 0 Å². The molecule has 5 heteroatoms. The van der Waals surface area contributed by atoms with Gasteiger partial charge in [-0.25, -0.2) is 14.4 Å². The summed E-state index contributed by atoms with van der Waals surface area (Å²) in [5, 5.41) is 0.448. The molecular weight excluding hydrogens is 217 g/mol. The van der Waals surface area contributed by atoms with Gasteiger partial charge in [-0.15, -0.1) is 0 Å². The fraction of sp³-hybridized carbons (Fsp3) is 0. The maximum Gasteiger partial charge on any atom is 0.132 e. The third kappa shape index (κ3) is 2.05. The van der Waals surface area contributed by atoms with Crippen molar-refractivity contribution in [3.8, 4) is 11.3 Å². The van der Waals surface area contributed by atoms with Crippen LogP contribution in [0.4, 0.5) is 10.2 Å². The highest BCUT2D eigenvalue weighted by Crippen LogP contribution is 2.24. The minimum absolute atomic E-state index is 0.291. The summed E-state index contributed by atoms with van der Waals surface area (Å²) in [5.41, 5.74) is 6.21. The van der Waals surface area contributed by atoms with E-state index in [9.17, 15) is 4.39 Å². The van der Waals surface area contributed by atoms with Gasteiger partial charge >= 0.3 is 0 Å². The van der Waals surface area contributed by atoms with Gasteiger partial charge in [-0.05, 0) is 18.2 Å². The average Bonchev–Trinajstić information content (AvgIpc) is 2.22. The fourth-order valence-corrected chi connectivity index (χ4v) is 1.39. The summed E-state index contributed by atoms with van der Waals surface area (Å²) in [6.07, 6.45) is 1.28. The standard InChI is InChI=1S/C10H7ClFN3/c11-6-1-2-8(12)7(3-6)9-4-10(13)15-5-14-9/h1-5H,(H2,13,14,15). The molecule has 76 valence electrons. The summed E-state index contributed by atoms with van der Waals surface area (Å²) in [6.45, 7) is 0. The summed E-state index contributed by atoms with van der Waals surface area (Å²) < 4.78 is 13.4. The van der Waals surface area contributed by atoms with Crippen LogP contribution in [0.5, 0.6) is 0 Å². The second kappa shape index (κ2) is 3.82. The third-order valence-corrected chi connectivity index (χ3v) is 2.13. The zero-order valence-corrected chi connectivity index (χ0v) is 8.37. The van der Waals surface area contributed by atoms with Crippen LogP contribution in [0.25, 0.3) is 11.3 Å². The predicted octanol–water partition coefficient (Wildman–Crippen LogP) is 2.52.